The summed E-state index contributed by atoms with van der Waals surface area (Å²) in [6, 6.07) is 14.7. The molecule has 0 spiro atoms. The zero-order valence-corrected chi connectivity index (χ0v) is 15.8. The molecule has 0 radical (unpaired) electrons. The van der Waals surface area contributed by atoms with E-state index in [1.54, 1.807) is 6.07 Å². The average molecular weight is 382 g/mol. The largest absolute Gasteiger partial charge is 0.338 e. The zero-order chi connectivity index (χ0) is 18.8. The fourth-order valence-corrected chi connectivity index (χ4v) is 3.71. The molecule has 27 heavy (non-hydrogen) atoms. The third-order valence-corrected chi connectivity index (χ3v) is 5.20. The molecular formula is C21H20ClN3O2. The van der Waals surface area contributed by atoms with Crippen LogP contribution in [0.15, 0.2) is 53.1 Å². The number of carbonyl (C=O) groups is 1. The van der Waals surface area contributed by atoms with Crippen LogP contribution in [0.3, 0.4) is 0 Å². The lowest BCUT2D eigenvalue weighted by Crippen LogP contribution is -2.39. The third-order valence-electron chi connectivity index (χ3n) is 4.87. The Hall–Kier alpha value is -2.66. The molecule has 0 bridgehead atoms. The topological polar surface area (TPSA) is 59.2 Å². The molecule has 2 heterocycles. The quantitative estimate of drug-likeness (QED) is 0.645. The van der Waals surface area contributed by atoms with Gasteiger partial charge in [-0.15, -0.1) is 0 Å². The van der Waals surface area contributed by atoms with E-state index < -0.39 is 0 Å². The van der Waals surface area contributed by atoms with E-state index in [0.29, 0.717) is 39.3 Å². The van der Waals surface area contributed by atoms with Crippen molar-refractivity contribution in [2.75, 3.05) is 13.1 Å². The molecule has 1 aromatic heterocycles. The lowest BCUT2D eigenvalue weighted by Gasteiger charge is -2.31. The van der Waals surface area contributed by atoms with Gasteiger partial charge in [0.1, 0.15) is 0 Å². The van der Waals surface area contributed by atoms with Crippen LogP contribution in [-0.2, 0) is 0 Å². The molecule has 6 heteroatoms. The summed E-state index contributed by atoms with van der Waals surface area (Å²) in [5.74, 6) is 1.25. The van der Waals surface area contributed by atoms with Crippen molar-refractivity contribution in [3.63, 3.8) is 0 Å². The first-order chi connectivity index (χ1) is 13.1. The van der Waals surface area contributed by atoms with Gasteiger partial charge in [0.2, 0.25) is 5.82 Å². The van der Waals surface area contributed by atoms with Crippen molar-refractivity contribution in [2.24, 2.45) is 5.92 Å². The van der Waals surface area contributed by atoms with Crippen LogP contribution in [0.5, 0.6) is 0 Å². The number of rotatable bonds is 3. The Labute approximate surface area is 163 Å². The smallest absolute Gasteiger partial charge is 0.259 e. The molecule has 2 aromatic carbocycles. The van der Waals surface area contributed by atoms with Gasteiger partial charge >= 0.3 is 0 Å². The molecular weight excluding hydrogens is 362 g/mol. The summed E-state index contributed by atoms with van der Waals surface area (Å²) in [4.78, 5) is 19.5. The summed E-state index contributed by atoms with van der Waals surface area (Å²) < 4.78 is 5.47. The fourth-order valence-electron chi connectivity index (χ4n) is 3.49. The molecule has 1 amide bonds. The fraction of sp³-hybridized carbons (Fsp3) is 0.286. The number of hydrogen-bond acceptors (Lipinski definition) is 4. The first-order valence-electron chi connectivity index (χ1n) is 9.11. The van der Waals surface area contributed by atoms with Crippen molar-refractivity contribution in [2.45, 2.75) is 19.8 Å². The maximum atomic E-state index is 13.1. The van der Waals surface area contributed by atoms with E-state index in [0.717, 1.165) is 25.9 Å². The van der Waals surface area contributed by atoms with Crippen LogP contribution in [0.1, 0.15) is 30.1 Å². The third kappa shape index (κ3) is 3.60. The van der Waals surface area contributed by atoms with Crippen molar-refractivity contribution >= 4 is 17.5 Å². The van der Waals surface area contributed by atoms with E-state index in [4.69, 9.17) is 16.1 Å². The Balaban J connectivity index is 1.68. The number of benzene rings is 2. The Morgan fingerprint density at radius 3 is 2.67 bits per heavy atom. The van der Waals surface area contributed by atoms with Gasteiger partial charge in [0.05, 0.1) is 16.1 Å². The average Bonchev–Trinajstić information content (AvgIpc) is 3.17. The molecule has 138 valence electrons. The molecule has 1 atom stereocenters. The predicted octanol–water partition coefficient (Wildman–Crippen LogP) is 4.93. The van der Waals surface area contributed by atoms with Crippen LogP contribution in [0.4, 0.5) is 0 Å². The van der Waals surface area contributed by atoms with Crippen LogP contribution in [-0.4, -0.2) is 34.0 Å². The minimum Gasteiger partial charge on any atom is -0.338 e. The summed E-state index contributed by atoms with van der Waals surface area (Å²) in [5.41, 5.74) is 1.93. The number of halogens is 1. The van der Waals surface area contributed by atoms with E-state index in [1.165, 1.54) is 0 Å². The van der Waals surface area contributed by atoms with Crippen LogP contribution in [0, 0.1) is 5.92 Å². The van der Waals surface area contributed by atoms with E-state index in [1.807, 2.05) is 47.4 Å². The van der Waals surface area contributed by atoms with Crippen LogP contribution < -0.4 is 0 Å². The second-order valence-corrected chi connectivity index (χ2v) is 7.35. The highest BCUT2D eigenvalue weighted by molar-refractivity contribution is 6.33. The molecule has 0 aliphatic carbocycles. The Morgan fingerprint density at radius 1 is 1.15 bits per heavy atom. The summed E-state index contributed by atoms with van der Waals surface area (Å²) >= 11 is 6.23. The van der Waals surface area contributed by atoms with Gasteiger partial charge in [0, 0.05) is 18.7 Å². The lowest BCUT2D eigenvalue weighted by atomic mass is 9.98. The number of nitrogens with zero attached hydrogens (tertiary/aromatic N) is 3. The molecule has 1 aliphatic rings. The van der Waals surface area contributed by atoms with E-state index in [2.05, 4.69) is 17.1 Å². The molecule has 1 aliphatic heterocycles. The van der Waals surface area contributed by atoms with Crippen molar-refractivity contribution in [1.82, 2.24) is 15.0 Å². The monoisotopic (exact) mass is 381 g/mol. The standard InChI is InChI=1S/C21H20ClN3O2/c1-14-7-6-12-25(13-14)21(26)16-9-3-2-8-15(16)20-23-19(24-27-20)17-10-4-5-11-18(17)22/h2-5,8-11,14H,6-7,12-13H2,1H3/t14-/m1/s1. The zero-order valence-electron chi connectivity index (χ0n) is 15.1. The maximum Gasteiger partial charge on any atom is 0.259 e. The highest BCUT2D eigenvalue weighted by atomic mass is 35.5. The molecule has 1 saturated heterocycles. The van der Waals surface area contributed by atoms with Crippen molar-refractivity contribution < 1.29 is 9.32 Å². The number of piperidine rings is 1. The van der Waals surface area contributed by atoms with Crippen molar-refractivity contribution in [3.05, 3.63) is 59.1 Å². The van der Waals surface area contributed by atoms with Gasteiger partial charge in [-0.1, -0.05) is 47.9 Å². The molecule has 0 N–H and O–H groups in total. The van der Waals surface area contributed by atoms with Crippen LogP contribution in [0.2, 0.25) is 5.02 Å². The minimum absolute atomic E-state index is 0.00893. The second kappa shape index (κ2) is 7.53. The van der Waals surface area contributed by atoms with Gasteiger partial charge in [-0.3, -0.25) is 4.79 Å². The summed E-state index contributed by atoms with van der Waals surface area (Å²) in [6.07, 6.45) is 2.20. The van der Waals surface area contributed by atoms with E-state index in [-0.39, 0.29) is 5.91 Å². The Kier molecular flexibility index (Phi) is 4.94. The number of carbonyl (C=O) groups excluding carboxylic acids is 1. The van der Waals surface area contributed by atoms with Crippen LogP contribution in [0.25, 0.3) is 22.8 Å². The van der Waals surface area contributed by atoms with Gasteiger partial charge in [-0.25, -0.2) is 0 Å². The molecule has 1 fully saturated rings. The van der Waals surface area contributed by atoms with E-state index >= 15 is 0 Å². The van der Waals surface area contributed by atoms with Crippen molar-refractivity contribution in [3.8, 4) is 22.8 Å². The number of hydrogen-bond donors (Lipinski definition) is 0. The van der Waals surface area contributed by atoms with Gasteiger partial charge in [0.25, 0.3) is 11.8 Å². The Bertz CT molecular complexity index is 969. The number of likely N-dealkylation sites (tertiary alicyclic amines) is 1. The first kappa shape index (κ1) is 17.7. The summed E-state index contributed by atoms with van der Waals surface area (Å²) in [5, 5.41) is 4.61. The minimum atomic E-state index is 0.00893. The van der Waals surface area contributed by atoms with E-state index in [9.17, 15) is 4.79 Å². The SMILES string of the molecule is C[C@@H]1CCCN(C(=O)c2ccccc2-c2nc(-c3ccccc3Cl)no2)C1. The van der Waals surface area contributed by atoms with Crippen LogP contribution >= 0.6 is 11.6 Å². The van der Waals surface area contributed by atoms with Crippen molar-refractivity contribution in [1.29, 1.82) is 0 Å². The first-order valence-corrected chi connectivity index (χ1v) is 9.48. The second-order valence-electron chi connectivity index (χ2n) is 6.95. The lowest BCUT2D eigenvalue weighted by molar-refractivity contribution is 0.0683. The maximum absolute atomic E-state index is 13.1. The van der Waals surface area contributed by atoms with Gasteiger partial charge in [-0.05, 0) is 43.0 Å². The molecule has 3 aromatic rings. The number of amides is 1. The van der Waals surface area contributed by atoms with Gasteiger partial charge < -0.3 is 9.42 Å². The Morgan fingerprint density at radius 2 is 1.89 bits per heavy atom. The van der Waals surface area contributed by atoms with Gasteiger partial charge in [-0.2, -0.15) is 4.98 Å². The molecule has 5 nitrogen and oxygen atoms in total. The summed E-state index contributed by atoms with van der Waals surface area (Å²) in [7, 11) is 0. The summed E-state index contributed by atoms with van der Waals surface area (Å²) in [6.45, 7) is 3.74. The molecule has 0 unspecified atom stereocenters. The normalized spacial score (nSPS) is 17.1. The highest BCUT2D eigenvalue weighted by Crippen LogP contribution is 2.30. The molecule has 4 rings (SSSR count). The molecule has 0 saturated carbocycles. The predicted molar refractivity (Wildman–Crippen MR) is 104 cm³/mol. The van der Waals surface area contributed by atoms with Gasteiger partial charge in [0.15, 0.2) is 0 Å². The number of aromatic nitrogens is 2. The highest BCUT2D eigenvalue weighted by Gasteiger charge is 2.25.